The van der Waals surface area contributed by atoms with E-state index in [1.54, 1.807) is 18.3 Å². The van der Waals surface area contributed by atoms with Gasteiger partial charge >= 0.3 is 0 Å². The zero-order valence-corrected chi connectivity index (χ0v) is 16.4. The summed E-state index contributed by atoms with van der Waals surface area (Å²) < 4.78 is 11.3. The quantitative estimate of drug-likeness (QED) is 0.684. The monoisotopic (exact) mass is 401 g/mol. The van der Waals surface area contributed by atoms with Gasteiger partial charge in [0.1, 0.15) is 23.3 Å². The summed E-state index contributed by atoms with van der Waals surface area (Å²) in [5, 5.41) is 3.51. The molecule has 1 aromatic carbocycles. The Bertz CT molecular complexity index is 811. The third-order valence-corrected chi connectivity index (χ3v) is 5.18. The van der Waals surface area contributed by atoms with E-state index < -0.39 is 0 Å². The molecule has 1 N–H and O–H groups in total. The van der Waals surface area contributed by atoms with Gasteiger partial charge in [-0.1, -0.05) is 17.7 Å². The number of amides is 1. The van der Waals surface area contributed by atoms with Gasteiger partial charge in [0.05, 0.1) is 12.8 Å². The van der Waals surface area contributed by atoms with Gasteiger partial charge in [-0.3, -0.25) is 4.79 Å². The minimum atomic E-state index is -0.0279. The van der Waals surface area contributed by atoms with Crippen molar-refractivity contribution in [3.63, 3.8) is 0 Å². The van der Waals surface area contributed by atoms with Gasteiger partial charge in [-0.15, -0.1) is 0 Å². The Morgan fingerprint density at radius 3 is 2.89 bits per heavy atom. The second-order valence-electron chi connectivity index (χ2n) is 7.37. The Morgan fingerprint density at radius 1 is 1.21 bits per heavy atom. The number of hydrogen-bond acceptors (Lipinski definition) is 5. The summed E-state index contributed by atoms with van der Waals surface area (Å²) in [6.45, 7) is 2.53. The molecule has 1 aromatic heterocycles. The van der Waals surface area contributed by atoms with Gasteiger partial charge in [0.2, 0.25) is 5.91 Å². The Labute approximate surface area is 169 Å². The number of rotatable bonds is 8. The van der Waals surface area contributed by atoms with Gasteiger partial charge < -0.3 is 19.7 Å². The zero-order chi connectivity index (χ0) is 19.3. The minimum absolute atomic E-state index is 0.0279. The highest BCUT2D eigenvalue weighted by Crippen LogP contribution is 2.29. The van der Waals surface area contributed by atoms with Crippen LogP contribution in [-0.4, -0.2) is 43.2 Å². The van der Waals surface area contributed by atoms with Crippen molar-refractivity contribution >= 4 is 23.2 Å². The van der Waals surface area contributed by atoms with Crippen LogP contribution >= 0.6 is 11.6 Å². The average Bonchev–Trinajstić information content (AvgIpc) is 3.40. The van der Waals surface area contributed by atoms with Crippen molar-refractivity contribution < 1.29 is 14.3 Å². The molecule has 1 atom stereocenters. The summed E-state index contributed by atoms with van der Waals surface area (Å²) in [4.78, 5) is 18.3. The fourth-order valence-corrected chi connectivity index (χ4v) is 3.40. The molecule has 28 heavy (non-hydrogen) atoms. The maximum Gasteiger partial charge on any atom is 0.246 e. The first kappa shape index (κ1) is 19.0. The number of ether oxygens (including phenoxy) is 2. The molecular weight excluding hydrogens is 378 g/mol. The summed E-state index contributed by atoms with van der Waals surface area (Å²) in [5.74, 6) is 2.02. The molecule has 0 radical (unpaired) electrons. The van der Waals surface area contributed by atoms with Gasteiger partial charge in [0, 0.05) is 30.9 Å². The molecule has 1 saturated carbocycles. The second-order valence-corrected chi connectivity index (χ2v) is 7.76. The molecule has 2 aromatic rings. The predicted octanol–water partition coefficient (Wildman–Crippen LogP) is 3.65. The summed E-state index contributed by atoms with van der Waals surface area (Å²) in [5.41, 5.74) is 1.07. The number of nitrogens with one attached hydrogen (secondary N) is 1. The first-order valence-electron chi connectivity index (χ1n) is 9.67. The van der Waals surface area contributed by atoms with Crippen LogP contribution in [0.25, 0.3) is 0 Å². The molecule has 1 aliphatic heterocycles. The van der Waals surface area contributed by atoms with Crippen molar-refractivity contribution in [3.8, 4) is 11.5 Å². The van der Waals surface area contributed by atoms with E-state index >= 15 is 0 Å². The molecule has 6 nitrogen and oxygen atoms in total. The smallest absolute Gasteiger partial charge is 0.246 e. The highest BCUT2D eigenvalue weighted by atomic mass is 35.5. The molecule has 0 spiro atoms. The van der Waals surface area contributed by atoms with Crippen LogP contribution in [0.5, 0.6) is 11.5 Å². The van der Waals surface area contributed by atoms with Crippen LogP contribution in [0.15, 0.2) is 42.6 Å². The number of carbonyl (C=O) groups is 1. The molecule has 1 amide bonds. The number of carbonyl (C=O) groups excluding carboxylic acids is 1. The highest BCUT2D eigenvalue weighted by molar-refractivity contribution is 6.29. The van der Waals surface area contributed by atoms with Crippen molar-refractivity contribution in [2.45, 2.75) is 25.3 Å². The molecule has 7 heteroatoms. The van der Waals surface area contributed by atoms with Crippen molar-refractivity contribution in [2.75, 3.05) is 31.2 Å². The Morgan fingerprint density at radius 2 is 2.11 bits per heavy atom. The van der Waals surface area contributed by atoms with Gasteiger partial charge in [0.25, 0.3) is 0 Å². The minimum Gasteiger partial charge on any atom is -0.456 e. The standard InChI is InChI=1S/C21H24ClN3O3/c22-20-7-6-19(11-23-20)28-18-3-1-2-17(10-18)25-9-8-16(12-25)24-21(26)14-27-13-15-4-5-15/h1-3,6-7,10-11,15-16H,4-5,8-9,12-14H2,(H,24,26)/t16-/m0/s1. The summed E-state index contributed by atoms with van der Waals surface area (Å²) in [6.07, 6.45) is 4.98. The number of halogens is 1. The third kappa shape index (κ3) is 5.36. The Balaban J connectivity index is 1.28. The Kier molecular flexibility index (Phi) is 5.98. The predicted molar refractivity (Wildman–Crippen MR) is 108 cm³/mol. The van der Waals surface area contributed by atoms with Crippen LogP contribution < -0.4 is 15.0 Å². The zero-order valence-electron chi connectivity index (χ0n) is 15.6. The molecular formula is C21H24ClN3O3. The van der Waals surface area contributed by atoms with E-state index in [9.17, 15) is 4.79 Å². The van der Waals surface area contributed by atoms with Crippen molar-refractivity contribution in [2.24, 2.45) is 5.92 Å². The maximum atomic E-state index is 12.0. The molecule has 1 saturated heterocycles. The van der Waals surface area contributed by atoms with E-state index in [1.807, 2.05) is 18.2 Å². The van der Waals surface area contributed by atoms with Gasteiger partial charge in [-0.25, -0.2) is 4.98 Å². The van der Waals surface area contributed by atoms with Crippen LogP contribution in [0.1, 0.15) is 19.3 Å². The molecule has 148 valence electrons. The third-order valence-electron chi connectivity index (χ3n) is 4.96. The second kappa shape index (κ2) is 8.80. The lowest BCUT2D eigenvalue weighted by atomic mass is 10.2. The van der Waals surface area contributed by atoms with Crippen LogP contribution in [0.2, 0.25) is 5.15 Å². The molecule has 1 aliphatic carbocycles. The van der Waals surface area contributed by atoms with Crippen molar-refractivity contribution in [1.82, 2.24) is 10.3 Å². The molecule has 4 rings (SSSR count). The van der Waals surface area contributed by atoms with E-state index in [1.165, 1.54) is 12.8 Å². The lowest BCUT2D eigenvalue weighted by Gasteiger charge is -2.20. The number of pyridine rings is 1. The van der Waals surface area contributed by atoms with Gasteiger partial charge in [-0.2, -0.15) is 0 Å². The van der Waals surface area contributed by atoms with E-state index in [2.05, 4.69) is 21.3 Å². The van der Waals surface area contributed by atoms with Gasteiger partial charge in [-0.05, 0) is 49.4 Å². The lowest BCUT2D eigenvalue weighted by Crippen LogP contribution is -2.39. The molecule has 2 fully saturated rings. The largest absolute Gasteiger partial charge is 0.456 e. The first-order chi connectivity index (χ1) is 13.7. The van der Waals surface area contributed by atoms with E-state index in [0.29, 0.717) is 23.4 Å². The number of hydrogen-bond donors (Lipinski definition) is 1. The molecule has 2 heterocycles. The summed E-state index contributed by atoms with van der Waals surface area (Å²) >= 11 is 5.81. The average molecular weight is 402 g/mol. The lowest BCUT2D eigenvalue weighted by molar-refractivity contribution is -0.126. The first-order valence-corrected chi connectivity index (χ1v) is 10.0. The maximum absolute atomic E-state index is 12.0. The van der Waals surface area contributed by atoms with Crippen LogP contribution in [0, 0.1) is 5.92 Å². The summed E-state index contributed by atoms with van der Waals surface area (Å²) in [6, 6.07) is 11.5. The number of nitrogens with zero attached hydrogens (tertiary/aromatic N) is 2. The molecule has 0 unspecified atom stereocenters. The highest BCUT2D eigenvalue weighted by Gasteiger charge is 2.25. The fourth-order valence-electron chi connectivity index (χ4n) is 3.29. The normalized spacial score (nSPS) is 18.9. The Hall–Kier alpha value is -2.31. The van der Waals surface area contributed by atoms with Crippen LogP contribution in [-0.2, 0) is 9.53 Å². The van der Waals surface area contributed by atoms with Crippen LogP contribution in [0.3, 0.4) is 0 Å². The van der Waals surface area contributed by atoms with E-state index in [-0.39, 0.29) is 18.6 Å². The van der Waals surface area contributed by atoms with Crippen molar-refractivity contribution in [3.05, 3.63) is 47.7 Å². The van der Waals surface area contributed by atoms with Crippen LogP contribution in [0.4, 0.5) is 5.69 Å². The number of anilines is 1. The fraction of sp³-hybridized carbons (Fsp3) is 0.429. The number of benzene rings is 1. The van der Waals surface area contributed by atoms with Gasteiger partial charge in [0.15, 0.2) is 0 Å². The SMILES string of the molecule is O=C(COCC1CC1)N[C@H]1CCN(c2cccc(Oc3ccc(Cl)nc3)c2)C1. The van der Waals surface area contributed by atoms with E-state index in [4.69, 9.17) is 21.1 Å². The summed E-state index contributed by atoms with van der Waals surface area (Å²) in [7, 11) is 0. The topological polar surface area (TPSA) is 63.7 Å². The van der Waals surface area contributed by atoms with Crippen molar-refractivity contribution in [1.29, 1.82) is 0 Å². The number of aromatic nitrogens is 1. The van der Waals surface area contributed by atoms with E-state index in [0.717, 1.165) is 30.9 Å². The molecule has 2 aliphatic rings. The molecule has 0 bridgehead atoms.